The van der Waals surface area contributed by atoms with Gasteiger partial charge in [0.05, 0.1) is 11.8 Å². The van der Waals surface area contributed by atoms with Crippen molar-refractivity contribution in [2.75, 3.05) is 0 Å². The minimum absolute atomic E-state index is 0.0804. The minimum Gasteiger partial charge on any atom is -0.459 e. The molecule has 3 unspecified atom stereocenters. The molecule has 0 saturated heterocycles. The lowest BCUT2D eigenvalue weighted by molar-refractivity contribution is -0.164. The van der Waals surface area contributed by atoms with Crippen molar-refractivity contribution in [3.8, 4) is 11.5 Å². The van der Waals surface area contributed by atoms with E-state index >= 15 is 0 Å². The van der Waals surface area contributed by atoms with Gasteiger partial charge < -0.3 is 24.7 Å². The fourth-order valence-electron chi connectivity index (χ4n) is 2.66. The summed E-state index contributed by atoms with van der Waals surface area (Å²) in [6.45, 7) is 11.7. The summed E-state index contributed by atoms with van der Waals surface area (Å²) in [6.07, 6.45) is -0.0384. The molecular formula is C25H37NO8. The number of carbonyl (C=O) groups excluding carboxylic acids is 4. The van der Waals surface area contributed by atoms with Crippen molar-refractivity contribution >= 4 is 23.9 Å². The van der Waals surface area contributed by atoms with E-state index in [0.29, 0.717) is 18.4 Å². The highest BCUT2D eigenvalue weighted by Gasteiger charge is 2.25. The van der Waals surface area contributed by atoms with Crippen LogP contribution in [-0.2, 0) is 35.1 Å². The summed E-state index contributed by atoms with van der Waals surface area (Å²) < 4.78 is 21.3. The van der Waals surface area contributed by atoms with Crippen molar-refractivity contribution in [2.24, 2.45) is 17.6 Å². The molecule has 0 bridgehead atoms. The monoisotopic (exact) mass is 479 g/mol. The molecule has 0 radical (unpaired) electrons. The molecule has 34 heavy (non-hydrogen) atoms. The SMILES string of the molecule is CCC(C)C(=O)Oc1ccc(C[C@H](N)C(=O)O[C@@H](C)C(C)OC(C)=O)cc1OC(=O)C(C)CC. The fraction of sp³-hybridized carbons (Fsp3) is 0.600. The van der Waals surface area contributed by atoms with E-state index in [2.05, 4.69) is 0 Å². The molecule has 0 aliphatic carbocycles. The van der Waals surface area contributed by atoms with Crippen molar-refractivity contribution in [3.63, 3.8) is 0 Å². The Balaban J connectivity index is 3.02. The topological polar surface area (TPSA) is 131 Å². The average Bonchev–Trinajstić information content (AvgIpc) is 2.78. The Labute approximate surface area is 201 Å². The van der Waals surface area contributed by atoms with Crippen molar-refractivity contribution in [1.82, 2.24) is 0 Å². The minimum atomic E-state index is -1.02. The smallest absolute Gasteiger partial charge is 0.323 e. The van der Waals surface area contributed by atoms with Gasteiger partial charge in [-0.05, 0) is 50.8 Å². The van der Waals surface area contributed by atoms with Crippen LogP contribution in [0.15, 0.2) is 18.2 Å². The van der Waals surface area contributed by atoms with E-state index in [-0.39, 0.29) is 29.8 Å². The molecule has 9 heteroatoms. The maximum atomic E-state index is 12.4. The summed E-state index contributed by atoms with van der Waals surface area (Å²) >= 11 is 0. The second-order valence-corrected chi connectivity index (χ2v) is 8.51. The van der Waals surface area contributed by atoms with Gasteiger partial charge in [-0.15, -0.1) is 0 Å². The maximum absolute atomic E-state index is 12.4. The molecule has 190 valence electrons. The first kappa shape index (κ1) is 29.1. The van der Waals surface area contributed by atoms with Crippen LogP contribution in [0.25, 0.3) is 0 Å². The Morgan fingerprint density at radius 2 is 1.29 bits per heavy atom. The van der Waals surface area contributed by atoms with Gasteiger partial charge in [-0.25, -0.2) is 0 Å². The third-order valence-corrected chi connectivity index (χ3v) is 5.53. The van der Waals surface area contributed by atoms with Gasteiger partial charge in [-0.2, -0.15) is 0 Å². The number of rotatable bonds is 12. The Bertz CT molecular complexity index is 868. The first-order valence-electron chi connectivity index (χ1n) is 11.6. The van der Waals surface area contributed by atoms with Crippen LogP contribution in [-0.4, -0.2) is 42.1 Å². The van der Waals surface area contributed by atoms with Gasteiger partial charge in [-0.3, -0.25) is 19.2 Å². The molecule has 1 aromatic carbocycles. The lowest BCUT2D eigenvalue weighted by Crippen LogP contribution is -2.39. The highest BCUT2D eigenvalue weighted by atomic mass is 16.6. The Morgan fingerprint density at radius 1 is 0.794 bits per heavy atom. The van der Waals surface area contributed by atoms with Crippen LogP contribution in [0.1, 0.15) is 66.9 Å². The van der Waals surface area contributed by atoms with Crippen LogP contribution in [0.4, 0.5) is 0 Å². The average molecular weight is 480 g/mol. The Morgan fingerprint density at radius 3 is 1.79 bits per heavy atom. The van der Waals surface area contributed by atoms with E-state index < -0.39 is 42.1 Å². The van der Waals surface area contributed by atoms with Crippen molar-refractivity contribution in [3.05, 3.63) is 23.8 Å². The van der Waals surface area contributed by atoms with E-state index in [9.17, 15) is 19.2 Å². The quantitative estimate of drug-likeness (QED) is 0.354. The molecule has 0 amide bonds. The lowest BCUT2D eigenvalue weighted by Gasteiger charge is -2.22. The van der Waals surface area contributed by atoms with Gasteiger partial charge in [0, 0.05) is 6.92 Å². The number of esters is 4. The Kier molecular flexibility index (Phi) is 11.7. The highest BCUT2D eigenvalue weighted by molar-refractivity contribution is 5.79. The maximum Gasteiger partial charge on any atom is 0.323 e. The van der Waals surface area contributed by atoms with E-state index in [4.69, 9.17) is 24.7 Å². The number of ether oxygens (including phenoxy) is 4. The zero-order valence-corrected chi connectivity index (χ0v) is 21.1. The standard InChI is InChI=1S/C25H37NO8/c1-8-14(3)23(28)33-21-11-10-19(13-22(21)34-24(29)15(4)9-2)12-20(26)25(30)32-17(6)16(5)31-18(7)27/h10-11,13-17,20H,8-9,12,26H2,1-7H3/t14?,15?,16?,17-,20-/m0/s1. The van der Waals surface area contributed by atoms with Crippen LogP contribution in [0.5, 0.6) is 11.5 Å². The predicted molar refractivity (Wildman–Crippen MR) is 125 cm³/mol. The predicted octanol–water partition coefficient (Wildman–Crippen LogP) is 3.34. The zero-order chi connectivity index (χ0) is 26.0. The number of benzene rings is 1. The first-order valence-corrected chi connectivity index (χ1v) is 11.6. The van der Waals surface area contributed by atoms with Crippen molar-refractivity contribution < 1.29 is 38.1 Å². The molecule has 0 saturated carbocycles. The fourth-order valence-corrected chi connectivity index (χ4v) is 2.66. The second kappa shape index (κ2) is 13.7. The van der Waals surface area contributed by atoms with Crippen LogP contribution < -0.4 is 15.2 Å². The number of nitrogens with two attached hydrogens (primary N) is 1. The lowest BCUT2D eigenvalue weighted by atomic mass is 10.1. The summed E-state index contributed by atoms with van der Waals surface area (Å²) in [7, 11) is 0. The van der Waals surface area contributed by atoms with Crippen LogP contribution in [0, 0.1) is 11.8 Å². The number of hydrogen-bond donors (Lipinski definition) is 1. The third kappa shape index (κ3) is 9.13. The van der Waals surface area contributed by atoms with E-state index in [0.717, 1.165) is 0 Å². The van der Waals surface area contributed by atoms with Crippen LogP contribution >= 0.6 is 0 Å². The van der Waals surface area contributed by atoms with Crippen molar-refractivity contribution in [2.45, 2.75) is 86.0 Å². The molecule has 0 aliphatic rings. The first-order chi connectivity index (χ1) is 15.9. The largest absolute Gasteiger partial charge is 0.459 e. The molecule has 1 rings (SSSR count). The van der Waals surface area contributed by atoms with Crippen LogP contribution in [0.2, 0.25) is 0 Å². The van der Waals surface area contributed by atoms with Gasteiger partial charge in [0.25, 0.3) is 0 Å². The van der Waals surface area contributed by atoms with Crippen LogP contribution in [0.3, 0.4) is 0 Å². The van der Waals surface area contributed by atoms with Gasteiger partial charge in [0.2, 0.25) is 0 Å². The normalized spacial score (nSPS) is 15.3. The van der Waals surface area contributed by atoms with E-state index in [1.807, 2.05) is 13.8 Å². The summed E-state index contributed by atoms with van der Waals surface area (Å²) in [5.41, 5.74) is 6.60. The van der Waals surface area contributed by atoms with Gasteiger partial charge in [-0.1, -0.05) is 33.8 Å². The Hall–Kier alpha value is -2.94. The number of carbonyl (C=O) groups is 4. The summed E-state index contributed by atoms with van der Waals surface area (Å²) in [6, 6.07) is 3.66. The molecule has 9 nitrogen and oxygen atoms in total. The van der Waals surface area contributed by atoms with Gasteiger partial charge in [0.1, 0.15) is 18.2 Å². The molecular weight excluding hydrogens is 442 g/mol. The molecule has 0 heterocycles. The molecule has 0 spiro atoms. The molecule has 1 aromatic rings. The molecule has 2 N–H and O–H groups in total. The summed E-state index contributed by atoms with van der Waals surface area (Å²) in [4.78, 5) is 48.2. The molecule has 0 aliphatic heterocycles. The summed E-state index contributed by atoms with van der Waals surface area (Å²) in [5.74, 6) is -2.52. The third-order valence-electron chi connectivity index (χ3n) is 5.53. The zero-order valence-electron chi connectivity index (χ0n) is 21.1. The van der Waals surface area contributed by atoms with Crippen molar-refractivity contribution in [1.29, 1.82) is 0 Å². The van der Waals surface area contributed by atoms with Gasteiger partial charge >= 0.3 is 23.9 Å². The van der Waals surface area contributed by atoms with Gasteiger partial charge in [0.15, 0.2) is 11.5 Å². The summed E-state index contributed by atoms with van der Waals surface area (Å²) in [5, 5.41) is 0. The second-order valence-electron chi connectivity index (χ2n) is 8.51. The highest BCUT2D eigenvalue weighted by Crippen LogP contribution is 2.31. The van der Waals surface area contributed by atoms with E-state index in [1.165, 1.54) is 19.1 Å². The van der Waals surface area contributed by atoms with E-state index in [1.54, 1.807) is 33.8 Å². The molecule has 0 aromatic heterocycles. The molecule has 5 atom stereocenters. The molecule has 0 fully saturated rings. The number of hydrogen-bond acceptors (Lipinski definition) is 9.